The maximum atomic E-state index is 4.46. The summed E-state index contributed by atoms with van der Waals surface area (Å²) < 4.78 is 4.49. The van der Waals surface area contributed by atoms with Crippen molar-refractivity contribution in [2.45, 2.75) is 4.94 Å². The number of fused-ring (bicyclic) bond motifs is 1. The van der Waals surface area contributed by atoms with E-state index in [4.69, 9.17) is 0 Å². The molecule has 0 aliphatic carbocycles. The van der Waals surface area contributed by atoms with Gasteiger partial charge in [-0.25, -0.2) is 0 Å². The molecule has 0 spiro atoms. The second-order valence-electron chi connectivity index (χ2n) is 5.36. The first-order chi connectivity index (χ1) is 11.8. The molecule has 0 bridgehead atoms. The molecule has 0 fully saturated rings. The van der Waals surface area contributed by atoms with E-state index in [-0.39, 0.29) is 19.9 Å². The standard InChI is InChI=1S/C19H14BrN3Se/c20-15-12-10-14(11-13-15)19(24-16-6-2-1-3-7-16)23-18-9-5-4-8-17(18)21-22-23/h1-13,19H. The summed E-state index contributed by atoms with van der Waals surface area (Å²) in [7, 11) is 0. The minimum atomic E-state index is 0.167. The molecular formula is C19H14BrN3Se. The van der Waals surface area contributed by atoms with Gasteiger partial charge in [0.1, 0.15) is 0 Å². The molecule has 0 saturated heterocycles. The fraction of sp³-hybridized carbons (Fsp3) is 0.0526. The number of para-hydroxylation sites is 1. The third-order valence-corrected chi connectivity index (χ3v) is 6.87. The molecule has 5 heteroatoms. The van der Waals surface area contributed by atoms with Crippen LogP contribution in [0.1, 0.15) is 10.5 Å². The summed E-state index contributed by atoms with van der Waals surface area (Å²) in [5, 5.41) is 8.80. The molecular weight excluding hydrogens is 429 g/mol. The molecule has 0 amide bonds. The van der Waals surface area contributed by atoms with Crippen molar-refractivity contribution in [3.63, 3.8) is 0 Å². The Morgan fingerprint density at radius 2 is 1.54 bits per heavy atom. The Labute approximate surface area is 155 Å². The van der Waals surface area contributed by atoms with Gasteiger partial charge in [0.2, 0.25) is 0 Å². The van der Waals surface area contributed by atoms with Gasteiger partial charge in [0.25, 0.3) is 0 Å². The molecule has 0 radical (unpaired) electrons. The molecule has 0 aliphatic rings. The first kappa shape index (κ1) is 15.6. The van der Waals surface area contributed by atoms with Crippen LogP contribution in [-0.4, -0.2) is 30.0 Å². The third-order valence-electron chi connectivity index (χ3n) is 3.75. The quantitative estimate of drug-likeness (QED) is 0.450. The van der Waals surface area contributed by atoms with Crippen molar-refractivity contribution in [1.29, 1.82) is 0 Å². The van der Waals surface area contributed by atoms with E-state index in [0.29, 0.717) is 0 Å². The number of hydrogen-bond acceptors (Lipinski definition) is 2. The van der Waals surface area contributed by atoms with Crippen LogP contribution in [0.4, 0.5) is 0 Å². The Morgan fingerprint density at radius 1 is 0.833 bits per heavy atom. The predicted molar refractivity (Wildman–Crippen MR) is 102 cm³/mol. The van der Waals surface area contributed by atoms with Gasteiger partial charge >= 0.3 is 155 Å². The summed E-state index contributed by atoms with van der Waals surface area (Å²) in [5.74, 6) is 0. The Balaban J connectivity index is 1.82. The second kappa shape index (κ2) is 6.89. The van der Waals surface area contributed by atoms with E-state index in [1.165, 1.54) is 10.0 Å². The normalized spacial score (nSPS) is 12.4. The van der Waals surface area contributed by atoms with Gasteiger partial charge < -0.3 is 0 Å². The Morgan fingerprint density at radius 3 is 2.33 bits per heavy atom. The van der Waals surface area contributed by atoms with E-state index in [2.05, 4.69) is 91.6 Å². The van der Waals surface area contributed by atoms with Crippen molar-refractivity contribution >= 4 is 46.4 Å². The van der Waals surface area contributed by atoms with E-state index in [9.17, 15) is 0 Å². The summed E-state index contributed by atoms with van der Waals surface area (Å²) >= 11 is 3.72. The van der Waals surface area contributed by atoms with Gasteiger partial charge in [-0.2, -0.15) is 0 Å². The van der Waals surface area contributed by atoms with Crippen molar-refractivity contribution < 1.29 is 0 Å². The monoisotopic (exact) mass is 443 g/mol. The van der Waals surface area contributed by atoms with Crippen LogP contribution in [0.25, 0.3) is 11.0 Å². The van der Waals surface area contributed by atoms with E-state index >= 15 is 0 Å². The van der Waals surface area contributed by atoms with E-state index in [1.54, 1.807) is 0 Å². The van der Waals surface area contributed by atoms with Crippen LogP contribution in [0.2, 0.25) is 0 Å². The van der Waals surface area contributed by atoms with Gasteiger partial charge in [-0.05, 0) is 0 Å². The van der Waals surface area contributed by atoms with Crippen molar-refractivity contribution in [2.24, 2.45) is 0 Å². The van der Waals surface area contributed by atoms with Crippen LogP contribution >= 0.6 is 15.9 Å². The topological polar surface area (TPSA) is 30.7 Å². The molecule has 4 rings (SSSR count). The summed E-state index contributed by atoms with van der Waals surface area (Å²) in [5.41, 5.74) is 3.25. The van der Waals surface area contributed by atoms with Gasteiger partial charge in [0, 0.05) is 0 Å². The van der Waals surface area contributed by atoms with Crippen molar-refractivity contribution in [3.8, 4) is 0 Å². The number of rotatable bonds is 4. The number of halogens is 1. The molecule has 4 aromatic rings. The summed E-state index contributed by atoms with van der Waals surface area (Å²) in [6, 6.07) is 27.2. The molecule has 3 nitrogen and oxygen atoms in total. The zero-order chi connectivity index (χ0) is 16.4. The molecule has 0 aliphatic heterocycles. The van der Waals surface area contributed by atoms with Crippen molar-refractivity contribution in [1.82, 2.24) is 15.0 Å². The minimum absolute atomic E-state index is 0.167. The van der Waals surface area contributed by atoms with Gasteiger partial charge in [-0.15, -0.1) is 0 Å². The van der Waals surface area contributed by atoms with Crippen LogP contribution in [0.3, 0.4) is 0 Å². The number of aromatic nitrogens is 3. The van der Waals surface area contributed by atoms with Gasteiger partial charge in [-0.3, -0.25) is 0 Å². The summed E-state index contributed by atoms with van der Waals surface area (Å²) in [4.78, 5) is 0.167. The zero-order valence-corrected chi connectivity index (χ0v) is 16.0. The molecule has 1 heterocycles. The van der Waals surface area contributed by atoms with Crippen molar-refractivity contribution in [2.75, 3.05) is 0 Å². The molecule has 1 aromatic heterocycles. The van der Waals surface area contributed by atoms with Gasteiger partial charge in [0.15, 0.2) is 0 Å². The Hall–Kier alpha value is -1.94. The number of nitrogens with zero attached hydrogens (tertiary/aromatic N) is 3. The first-order valence-electron chi connectivity index (χ1n) is 7.58. The summed E-state index contributed by atoms with van der Waals surface area (Å²) in [6.07, 6.45) is 0. The van der Waals surface area contributed by atoms with E-state index in [1.807, 2.05) is 18.2 Å². The van der Waals surface area contributed by atoms with Crippen LogP contribution < -0.4 is 4.46 Å². The zero-order valence-electron chi connectivity index (χ0n) is 12.7. The van der Waals surface area contributed by atoms with Crippen LogP contribution in [0.5, 0.6) is 0 Å². The van der Waals surface area contributed by atoms with Crippen LogP contribution in [-0.2, 0) is 0 Å². The second-order valence-corrected chi connectivity index (χ2v) is 8.69. The average Bonchev–Trinajstić information content (AvgIpc) is 3.05. The van der Waals surface area contributed by atoms with E-state index in [0.717, 1.165) is 15.5 Å². The van der Waals surface area contributed by atoms with Crippen LogP contribution in [0.15, 0.2) is 83.3 Å². The molecule has 0 saturated carbocycles. The van der Waals surface area contributed by atoms with Crippen molar-refractivity contribution in [3.05, 3.63) is 88.9 Å². The third kappa shape index (κ3) is 3.15. The molecule has 1 unspecified atom stereocenters. The summed E-state index contributed by atoms with van der Waals surface area (Å²) in [6.45, 7) is 0. The SMILES string of the molecule is Brc1ccc(C([Se]c2ccccc2)n2nnc3ccccc32)cc1. The number of benzene rings is 3. The molecule has 3 aromatic carbocycles. The number of hydrogen-bond donors (Lipinski definition) is 0. The fourth-order valence-electron chi connectivity index (χ4n) is 2.57. The van der Waals surface area contributed by atoms with Gasteiger partial charge in [0.05, 0.1) is 0 Å². The average molecular weight is 443 g/mol. The Kier molecular flexibility index (Phi) is 4.48. The van der Waals surface area contributed by atoms with Crippen LogP contribution in [0, 0.1) is 0 Å². The van der Waals surface area contributed by atoms with E-state index < -0.39 is 0 Å². The first-order valence-corrected chi connectivity index (χ1v) is 10.2. The Bertz CT molecular complexity index is 951. The fourth-order valence-corrected chi connectivity index (χ4v) is 5.19. The predicted octanol–water partition coefficient (Wildman–Crippen LogP) is 3.77. The molecule has 118 valence electrons. The molecule has 0 N–H and O–H groups in total. The molecule has 24 heavy (non-hydrogen) atoms. The van der Waals surface area contributed by atoms with Gasteiger partial charge in [-0.1, -0.05) is 0 Å². The maximum absolute atomic E-state index is 4.46. The molecule has 1 atom stereocenters.